The molecule has 5 heteroatoms. The number of fused-ring (bicyclic) bond motifs is 1. The molecular formula is C23H28N2O3. The van der Waals surface area contributed by atoms with Crippen molar-refractivity contribution < 1.29 is 14.6 Å². The van der Waals surface area contributed by atoms with Gasteiger partial charge in [-0.3, -0.25) is 4.79 Å². The molecule has 3 aromatic rings. The number of nitrogens with zero attached hydrogens (tertiary/aromatic N) is 1. The number of benzene rings is 2. The normalized spacial score (nSPS) is 12.5. The van der Waals surface area contributed by atoms with Crippen LogP contribution in [0.25, 0.3) is 10.9 Å². The standard InChI is InChI=1S/C23H28N2O3/c1-5-18-21(22(26)23(24)27)17-12-20(28-4)16(14(2)3)11-19(17)25(18)13-15-9-7-6-8-10-15/h6-12,14,22,26H,5,13H2,1-4H3,(H2,24,27). The molecule has 1 atom stereocenters. The van der Waals surface area contributed by atoms with E-state index < -0.39 is 12.0 Å². The summed E-state index contributed by atoms with van der Waals surface area (Å²) in [7, 11) is 1.64. The van der Waals surface area contributed by atoms with Gasteiger partial charge in [-0.15, -0.1) is 0 Å². The third kappa shape index (κ3) is 3.50. The van der Waals surface area contributed by atoms with Crippen molar-refractivity contribution in [2.45, 2.75) is 45.8 Å². The van der Waals surface area contributed by atoms with Crippen LogP contribution < -0.4 is 10.5 Å². The highest BCUT2D eigenvalue weighted by Gasteiger charge is 2.27. The first kappa shape index (κ1) is 20.0. The van der Waals surface area contributed by atoms with E-state index in [9.17, 15) is 9.90 Å². The van der Waals surface area contributed by atoms with Gasteiger partial charge < -0.3 is 20.1 Å². The second kappa shape index (κ2) is 8.07. The largest absolute Gasteiger partial charge is 0.496 e. The van der Waals surface area contributed by atoms with Crippen molar-refractivity contribution in [1.29, 1.82) is 0 Å². The Labute approximate surface area is 165 Å². The van der Waals surface area contributed by atoms with E-state index in [1.807, 2.05) is 31.2 Å². The topological polar surface area (TPSA) is 77.5 Å². The van der Waals surface area contributed by atoms with Gasteiger partial charge in [0, 0.05) is 28.7 Å². The van der Waals surface area contributed by atoms with Crippen LogP contribution in [0, 0.1) is 0 Å². The first-order chi connectivity index (χ1) is 13.4. The molecule has 28 heavy (non-hydrogen) atoms. The average molecular weight is 380 g/mol. The summed E-state index contributed by atoms with van der Waals surface area (Å²) in [5, 5.41) is 11.4. The summed E-state index contributed by atoms with van der Waals surface area (Å²) in [6, 6.07) is 14.2. The van der Waals surface area contributed by atoms with Crippen molar-refractivity contribution in [3.05, 3.63) is 64.8 Å². The SMILES string of the molecule is CCc1c(C(O)C(N)=O)c2cc(OC)c(C(C)C)cc2n1Cc1ccccc1. The third-order valence-electron chi connectivity index (χ3n) is 5.25. The zero-order chi connectivity index (χ0) is 20.4. The number of hydrogen-bond acceptors (Lipinski definition) is 3. The predicted molar refractivity (Wildman–Crippen MR) is 112 cm³/mol. The number of carbonyl (C=O) groups is 1. The van der Waals surface area contributed by atoms with Crippen LogP contribution in [0.3, 0.4) is 0 Å². The Hall–Kier alpha value is -2.79. The fourth-order valence-electron chi connectivity index (χ4n) is 3.87. The maximum Gasteiger partial charge on any atom is 0.250 e. The number of amides is 1. The molecule has 1 amide bonds. The molecule has 1 aromatic heterocycles. The fourth-order valence-corrected chi connectivity index (χ4v) is 3.87. The van der Waals surface area contributed by atoms with E-state index in [4.69, 9.17) is 10.5 Å². The molecule has 0 aliphatic rings. The summed E-state index contributed by atoms with van der Waals surface area (Å²) in [6.45, 7) is 6.91. The van der Waals surface area contributed by atoms with Gasteiger partial charge in [-0.25, -0.2) is 0 Å². The first-order valence-corrected chi connectivity index (χ1v) is 9.63. The van der Waals surface area contributed by atoms with Crippen LogP contribution in [0.2, 0.25) is 0 Å². The summed E-state index contributed by atoms with van der Waals surface area (Å²) >= 11 is 0. The molecule has 1 unspecified atom stereocenters. The Bertz CT molecular complexity index is 990. The number of aliphatic hydroxyl groups excluding tert-OH is 1. The molecule has 1 heterocycles. The second-order valence-electron chi connectivity index (χ2n) is 7.36. The van der Waals surface area contributed by atoms with Crippen molar-refractivity contribution in [2.75, 3.05) is 7.11 Å². The van der Waals surface area contributed by atoms with Crippen LogP contribution in [-0.2, 0) is 17.8 Å². The molecule has 148 valence electrons. The van der Waals surface area contributed by atoms with Crippen molar-refractivity contribution in [2.24, 2.45) is 5.73 Å². The lowest BCUT2D eigenvalue weighted by atomic mass is 9.97. The molecule has 0 saturated heterocycles. The molecule has 0 spiro atoms. The van der Waals surface area contributed by atoms with Gasteiger partial charge in [0.2, 0.25) is 0 Å². The molecule has 0 bridgehead atoms. The van der Waals surface area contributed by atoms with E-state index in [-0.39, 0.29) is 5.92 Å². The van der Waals surface area contributed by atoms with Gasteiger partial charge in [-0.05, 0) is 35.6 Å². The van der Waals surface area contributed by atoms with E-state index in [1.54, 1.807) is 7.11 Å². The Morgan fingerprint density at radius 2 is 1.89 bits per heavy atom. The van der Waals surface area contributed by atoms with Gasteiger partial charge >= 0.3 is 0 Å². The molecule has 5 nitrogen and oxygen atoms in total. The van der Waals surface area contributed by atoms with Gasteiger partial charge in [-0.2, -0.15) is 0 Å². The van der Waals surface area contributed by atoms with Crippen LogP contribution in [-0.4, -0.2) is 22.7 Å². The maximum atomic E-state index is 11.8. The number of aliphatic hydroxyl groups is 1. The predicted octanol–water partition coefficient (Wildman–Crippen LogP) is 3.90. The number of primary amides is 1. The fraction of sp³-hybridized carbons (Fsp3) is 0.348. The Balaban J connectivity index is 2.35. The van der Waals surface area contributed by atoms with Crippen LogP contribution in [0.1, 0.15) is 55.2 Å². The molecule has 2 aromatic carbocycles. The zero-order valence-electron chi connectivity index (χ0n) is 16.9. The van der Waals surface area contributed by atoms with E-state index in [0.717, 1.165) is 33.5 Å². The van der Waals surface area contributed by atoms with Gasteiger partial charge in [0.1, 0.15) is 5.75 Å². The lowest BCUT2D eigenvalue weighted by Crippen LogP contribution is -2.22. The first-order valence-electron chi connectivity index (χ1n) is 9.63. The van der Waals surface area contributed by atoms with Crippen molar-refractivity contribution in [1.82, 2.24) is 4.57 Å². The summed E-state index contributed by atoms with van der Waals surface area (Å²) in [5.74, 6) is 0.273. The third-order valence-corrected chi connectivity index (χ3v) is 5.25. The molecular weight excluding hydrogens is 352 g/mol. The quantitative estimate of drug-likeness (QED) is 0.652. The van der Waals surface area contributed by atoms with E-state index in [1.165, 1.54) is 0 Å². The van der Waals surface area contributed by atoms with Gasteiger partial charge in [0.15, 0.2) is 6.10 Å². The summed E-state index contributed by atoms with van der Waals surface area (Å²) in [4.78, 5) is 11.8. The van der Waals surface area contributed by atoms with Crippen LogP contribution in [0.4, 0.5) is 0 Å². The number of hydrogen-bond donors (Lipinski definition) is 2. The van der Waals surface area contributed by atoms with Crippen LogP contribution in [0.5, 0.6) is 5.75 Å². The molecule has 0 saturated carbocycles. The Kier molecular flexibility index (Phi) is 5.75. The minimum Gasteiger partial charge on any atom is -0.496 e. The van der Waals surface area contributed by atoms with Crippen LogP contribution >= 0.6 is 0 Å². The molecule has 0 aliphatic carbocycles. The average Bonchev–Trinajstić information content (AvgIpc) is 2.99. The zero-order valence-corrected chi connectivity index (χ0v) is 16.9. The number of ether oxygens (including phenoxy) is 1. The van der Waals surface area contributed by atoms with Gasteiger partial charge in [-0.1, -0.05) is 51.1 Å². The highest BCUT2D eigenvalue weighted by Crippen LogP contribution is 2.38. The smallest absolute Gasteiger partial charge is 0.250 e. The van der Waals surface area contributed by atoms with Crippen LogP contribution in [0.15, 0.2) is 42.5 Å². The van der Waals surface area contributed by atoms with E-state index >= 15 is 0 Å². The molecule has 0 aliphatic heterocycles. The molecule has 0 radical (unpaired) electrons. The Morgan fingerprint density at radius 1 is 1.21 bits per heavy atom. The van der Waals surface area contributed by atoms with E-state index in [2.05, 4.69) is 36.6 Å². The van der Waals surface area contributed by atoms with Gasteiger partial charge in [0.05, 0.1) is 7.11 Å². The lowest BCUT2D eigenvalue weighted by molar-refractivity contribution is -0.126. The number of rotatable bonds is 7. The van der Waals surface area contributed by atoms with Crippen molar-refractivity contribution >= 4 is 16.8 Å². The highest BCUT2D eigenvalue weighted by atomic mass is 16.5. The summed E-state index contributed by atoms with van der Waals surface area (Å²) in [6.07, 6.45) is -0.690. The lowest BCUT2D eigenvalue weighted by Gasteiger charge is -2.14. The monoisotopic (exact) mass is 380 g/mol. The van der Waals surface area contributed by atoms with Gasteiger partial charge in [0.25, 0.3) is 5.91 Å². The number of carbonyl (C=O) groups excluding carboxylic acids is 1. The second-order valence-corrected chi connectivity index (χ2v) is 7.36. The minimum absolute atomic E-state index is 0.272. The number of nitrogens with two attached hydrogens (primary N) is 1. The number of methoxy groups -OCH3 is 1. The summed E-state index contributed by atoms with van der Waals surface area (Å²) in [5.41, 5.74) is 10.2. The molecule has 0 fully saturated rings. The van der Waals surface area contributed by atoms with Crippen molar-refractivity contribution in [3.8, 4) is 5.75 Å². The maximum absolute atomic E-state index is 11.8. The molecule has 3 N–H and O–H groups in total. The molecule has 3 rings (SSSR count). The van der Waals surface area contributed by atoms with Crippen molar-refractivity contribution in [3.63, 3.8) is 0 Å². The minimum atomic E-state index is -1.36. The Morgan fingerprint density at radius 3 is 2.43 bits per heavy atom. The highest BCUT2D eigenvalue weighted by molar-refractivity contribution is 5.93. The summed E-state index contributed by atoms with van der Waals surface area (Å²) < 4.78 is 7.78. The number of aromatic nitrogens is 1. The van der Waals surface area contributed by atoms with E-state index in [0.29, 0.717) is 18.5 Å².